The third-order valence-corrected chi connectivity index (χ3v) is 2.43. The van der Waals surface area contributed by atoms with Gasteiger partial charge in [-0.2, -0.15) is 0 Å². The Balaban J connectivity index is 2.49. The Morgan fingerprint density at radius 2 is 1.79 bits per heavy atom. The van der Waals surface area contributed by atoms with Gasteiger partial charge in [0.25, 0.3) is 5.91 Å². The number of hydrogen-bond acceptors (Lipinski definition) is 5. The van der Waals surface area contributed by atoms with Crippen LogP contribution in [-0.4, -0.2) is 66.5 Å². The van der Waals surface area contributed by atoms with Crippen molar-refractivity contribution in [2.24, 2.45) is 0 Å². The number of amides is 2. The van der Waals surface area contributed by atoms with Crippen molar-refractivity contribution in [2.75, 3.05) is 40.1 Å². The first kappa shape index (κ1) is 14.9. The highest BCUT2D eigenvalue weighted by Crippen LogP contribution is 2.03. The van der Waals surface area contributed by atoms with Crippen LogP contribution in [0.3, 0.4) is 0 Å². The van der Waals surface area contributed by atoms with Gasteiger partial charge in [0.15, 0.2) is 5.69 Å². The van der Waals surface area contributed by atoms with Gasteiger partial charge in [-0.1, -0.05) is 0 Å². The molecule has 0 aliphatic carbocycles. The summed E-state index contributed by atoms with van der Waals surface area (Å²) in [5.41, 5.74) is 0.292. The zero-order valence-electron chi connectivity index (χ0n) is 11.7. The second-order valence-corrected chi connectivity index (χ2v) is 4.47. The van der Waals surface area contributed by atoms with Gasteiger partial charge < -0.3 is 15.1 Å². The molecule has 0 aromatic carbocycles. The number of nitrogens with one attached hydrogen (secondary N) is 1. The lowest BCUT2D eigenvalue weighted by Crippen LogP contribution is -2.24. The van der Waals surface area contributed by atoms with Crippen LogP contribution in [0.15, 0.2) is 12.1 Å². The van der Waals surface area contributed by atoms with E-state index in [-0.39, 0.29) is 11.8 Å². The minimum atomic E-state index is -0.193. The summed E-state index contributed by atoms with van der Waals surface area (Å²) in [6.07, 6.45) is 0.382. The minimum absolute atomic E-state index is 0.0415. The molecule has 0 saturated carbocycles. The van der Waals surface area contributed by atoms with Crippen molar-refractivity contribution in [3.8, 4) is 0 Å². The fourth-order valence-electron chi connectivity index (χ4n) is 1.29. The molecule has 1 aromatic heterocycles. The van der Waals surface area contributed by atoms with Gasteiger partial charge in [0.1, 0.15) is 5.82 Å². The first-order valence-electron chi connectivity index (χ1n) is 5.91. The summed E-state index contributed by atoms with van der Waals surface area (Å²) in [5.74, 6) is 0.392. The molecule has 1 aromatic rings. The Morgan fingerprint density at radius 3 is 2.26 bits per heavy atom. The summed E-state index contributed by atoms with van der Waals surface area (Å²) in [6, 6.07) is 3.27. The van der Waals surface area contributed by atoms with Crippen LogP contribution in [0.5, 0.6) is 0 Å². The lowest BCUT2D eigenvalue weighted by molar-refractivity contribution is -0.128. The van der Waals surface area contributed by atoms with Crippen molar-refractivity contribution in [2.45, 2.75) is 6.42 Å². The van der Waals surface area contributed by atoms with Gasteiger partial charge in [-0.05, 0) is 12.1 Å². The van der Waals surface area contributed by atoms with Crippen molar-refractivity contribution in [3.05, 3.63) is 17.8 Å². The molecule has 0 unspecified atom stereocenters. The van der Waals surface area contributed by atoms with E-state index in [0.29, 0.717) is 24.5 Å². The van der Waals surface area contributed by atoms with Gasteiger partial charge in [0, 0.05) is 41.2 Å². The summed E-state index contributed by atoms with van der Waals surface area (Å²) in [5, 5.41) is 10.7. The van der Waals surface area contributed by atoms with Crippen molar-refractivity contribution in [3.63, 3.8) is 0 Å². The number of carbonyl (C=O) groups is 2. The van der Waals surface area contributed by atoms with E-state index in [1.807, 2.05) is 0 Å². The third-order valence-electron chi connectivity index (χ3n) is 2.43. The fourth-order valence-corrected chi connectivity index (χ4v) is 1.29. The number of anilines is 1. The summed E-state index contributed by atoms with van der Waals surface area (Å²) in [4.78, 5) is 25.9. The van der Waals surface area contributed by atoms with Gasteiger partial charge in [-0.15, -0.1) is 10.2 Å². The lowest BCUT2D eigenvalue weighted by atomic mass is 10.3. The van der Waals surface area contributed by atoms with Crippen molar-refractivity contribution in [1.29, 1.82) is 0 Å². The molecule has 0 aliphatic rings. The highest BCUT2D eigenvalue weighted by molar-refractivity contribution is 5.91. The molecule has 0 radical (unpaired) electrons. The average molecular weight is 265 g/mol. The Hall–Kier alpha value is -2.18. The molecule has 7 heteroatoms. The molecule has 0 saturated heterocycles. The molecule has 0 spiro atoms. The number of hydrogen-bond donors (Lipinski definition) is 1. The van der Waals surface area contributed by atoms with E-state index in [9.17, 15) is 9.59 Å². The molecule has 0 aliphatic heterocycles. The highest BCUT2D eigenvalue weighted by atomic mass is 16.2. The molecule has 1 N–H and O–H groups in total. The van der Waals surface area contributed by atoms with E-state index in [0.717, 1.165) is 0 Å². The Morgan fingerprint density at radius 1 is 1.11 bits per heavy atom. The molecule has 2 amide bonds. The molecule has 104 valence electrons. The third kappa shape index (κ3) is 4.53. The minimum Gasteiger partial charge on any atom is -0.368 e. The SMILES string of the molecule is CN(C)C(=O)CCNc1ccc(C(=O)N(C)C)nn1. The number of carbonyl (C=O) groups excluding carboxylic acids is 2. The first-order chi connectivity index (χ1) is 8.91. The van der Waals surface area contributed by atoms with Gasteiger partial charge >= 0.3 is 0 Å². The second kappa shape index (κ2) is 6.67. The van der Waals surface area contributed by atoms with E-state index in [4.69, 9.17) is 0 Å². The monoisotopic (exact) mass is 265 g/mol. The standard InChI is InChI=1S/C12H19N5O2/c1-16(2)11(18)7-8-13-10-6-5-9(14-15-10)12(19)17(3)4/h5-6H,7-8H2,1-4H3,(H,13,15). The van der Waals surface area contributed by atoms with Crippen molar-refractivity contribution < 1.29 is 9.59 Å². The van der Waals surface area contributed by atoms with Crippen LogP contribution in [0.25, 0.3) is 0 Å². The van der Waals surface area contributed by atoms with Crippen LogP contribution < -0.4 is 5.32 Å². The predicted molar refractivity (Wildman–Crippen MR) is 71.9 cm³/mol. The Labute approximate surface area is 112 Å². The van der Waals surface area contributed by atoms with Gasteiger partial charge in [-0.3, -0.25) is 9.59 Å². The zero-order chi connectivity index (χ0) is 14.4. The molecule has 1 heterocycles. The molecule has 0 atom stereocenters. The molecule has 0 fully saturated rings. The van der Waals surface area contributed by atoms with E-state index >= 15 is 0 Å². The van der Waals surface area contributed by atoms with Crippen LogP contribution in [-0.2, 0) is 4.79 Å². The smallest absolute Gasteiger partial charge is 0.273 e. The van der Waals surface area contributed by atoms with E-state index < -0.39 is 0 Å². The van der Waals surface area contributed by atoms with Gasteiger partial charge in [0.2, 0.25) is 5.91 Å². The number of rotatable bonds is 5. The van der Waals surface area contributed by atoms with Crippen LogP contribution in [0.4, 0.5) is 5.82 Å². The maximum absolute atomic E-state index is 11.6. The van der Waals surface area contributed by atoms with E-state index in [1.165, 1.54) is 9.80 Å². The largest absolute Gasteiger partial charge is 0.368 e. The van der Waals surface area contributed by atoms with Gasteiger partial charge in [-0.25, -0.2) is 0 Å². The fraction of sp³-hybridized carbons (Fsp3) is 0.500. The maximum Gasteiger partial charge on any atom is 0.273 e. The Kier molecular flexibility index (Phi) is 5.23. The topological polar surface area (TPSA) is 78.4 Å². The van der Waals surface area contributed by atoms with Crippen molar-refractivity contribution >= 4 is 17.6 Å². The van der Waals surface area contributed by atoms with Gasteiger partial charge in [0.05, 0.1) is 0 Å². The number of aromatic nitrogens is 2. The average Bonchev–Trinajstić information content (AvgIpc) is 2.38. The molecule has 7 nitrogen and oxygen atoms in total. The molecular formula is C12H19N5O2. The number of nitrogens with zero attached hydrogens (tertiary/aromatic N) is 4. The van der Waals surface area contributed by atoms with E-state index in [1.54, 1.807) is 40.3 Å². The molecular weight excluding hydrogens is 246 g/mol. The van der Waals surface area contributed by atoms with Crippen LogP contribution in [0.2, 0.25) is 0 Å². The van der Waals surface area contributed by atoms with Crippen LogP contribution in [0, 0.1) is 0 Å². The zero-order valence-corrected chi connectivity index (χ0v) is 11.7. The quantitative estimate of drug-likeness (QED) is 0.815. The first-order valence-corrected chi connectivity index (χ1v) is 5.91. The Bertz CT molecular complexity index is 442. The molecule has 0 bridgehead atoms. The summed E-state index contributed by atoms with van der Waals surface area (Å²) >= 11 is 0. The van der Waals surface area contributed by atoms with E-state index in [2.05, 4.69) is 15.5 Å². The van der Waals surface area contributed by atoms with Crippen molar-refractivity contribution in [1.82, 2.24) is 20.0 Å². The second-order valence-electron chi connectivity index (χ2n) is 4.47. The maximum atomic E-state index is 11.6. The molecule has 19 heavy (non-hydrogen) atoms. The normalized spacial score (nSPS) is 9.89. The lowest BCUT2D eigenvalue weighted by Gasteiger charge is -2.11. The molecule has 1 rings (SSSR count). The summed E-state index contributed by atoms with van der Waals surface area (Å²) < 4.78 is 0. The van der Waals surface area contributed by atoms with Crippen LogP contribution >= 0.6 is 0 Å². The highest BCUT2D eigenvalue weighted by Gasteiger charge is 2.10. The summed E-state index contributed by atoms with van der Waals surface area (Å²) in [6.45, 7) is 0.479. The summed E-state index contributed by atoms with van der Waals surface area (Å²) in [7, 11) is 6.74. The van der Waals surface area contributed by atoms with Crippen LogP contribution in [0.1, 0.15) is 16.9 Å². The predicted octanol–water partition coefficient (Wildman–Crippen LogP) is 0.0686.